The van der Waals surface area contributed by atoms with Gasteiger partial charge in [-0.1, -0.05) is 69.5 Å². The lowest BCUT2D eigenvalue weighted by atomic mass is 9.89. The van der Waals surface area contributed by atoms with Crippen LogP contribution in [0.15, 0.2) is 71.6 Å². The lowest BCUT2D eigenvalue weighted by Crippen LogP contribution is -2.18. The zero-order valence-corrected chi connectivity index (χ0v) is 20.7. The highest BCUT2D eigenvalue weighted by molar-refractivity contribution is 7.89. The van der Waals surface area contributed by atoms with Crippen LogP contribution in [-0.4, -0.2) is 15.0 Å². The maximum atomic E-state index is 12.5. The lowest BCUT2D eigenvalue weighted by Gasteiger charge is -2.25. The van der Waals surface area contributed by atoms with Crippen molar-refractivity contribution in [1.82, 2.24) is 0 Å². The van der Waals surface area contributed by atoms with Crippen LogP contribution >= 0.6 is 0 Å². The number of sulfonamides is 1. The number of rotatable bonds is 8. The molecule has 0 atom stereocenters. The van der Waals surface area contributed by atoms with Crippen molar-refractivity contribution >= 4 is 10.0 Å². The molecule has 2 N–H and O–H groups in total. The van der Waals surface area contributed by atoms with Crippen LogP contribution in [0.3, 0.4) is 0 Å². The van der Waals surface area contributed by atoms with Crippen molar-refractivity contribution in [3.63, 3.8) is 0 Å². The second kappa shape index (κ2) is 10.6. The van der Waals surface area contributed by atoms with Crippen LogP contribution < -0.4 is 14.6 Å². The Labute approximate surface area is 203 Å². The van der Waals surface area contributed by atoms with Gasteiger partial charge in [-0.05, 0) is 60.6 Å². The summed E-state index contributed by atoms with van der Waals surface area (Å²) in [6.07, 6.45) is 6.07. The van der Waals surface area contributed by atoms with Crippen molar-refractivity contribution < 1.29 is 17.9 Å². The van der Waals surface area contributed by atoms with Gasteiger partial charge in [-0.3, -0.25) is 0 Å². The average Bonchev–Trinajstić information content (AvgIpc) is 2.83. The molecule has 0 amide bonds. The van der Waals surface area contributed by atoms with Crippen LogP contribution in [-0.2, 0) is 10.0 Å². The molecule has 0 heterocycles. The van der Waals surface area contributed by atoms with E-state index in [0.29, 0.717) is 35.3 Å². The molecule has 0 unspecified atom stereocenters. The molecule has 0 bridgehead atoms. The summed E-state index contributed by atoms with van der Waals surface area (Å²) in [5.41, 5.74) is 2.15. The van der Waals surface area contributed by atoms with Gasteiger partial charge in [-0.25, -0.2) is 13.6 Å². The summed E-state index contributed by atoms with van der Waals surface area (Å²) in [7, 11) is -3.93. The Morgan fingerprint density at radius 3 is 2.24 bits per heavy atom. The molecule has 0 radical (unpaired) electrons. The maximum Gasteiger partial charge on any atom is 0.238 e. The Morgan fingerprint density at radius 1 is 0.882 bits per heavy atom. The van der Waals surface area contributed by atoms with Gasteiger partial charge in [-0.2, -0.15) is 0 Å². The molecule has 0 saturated heterocycles. The number of para-hydroxylation sites is 2. The quantitative estimate of drug-likeness (QED) is 0.382. The fraction of sp³-hybridized carbons (Fsp3) is 0.357. The monoisotopic (exact) mass is 479 g/mol. The van der Waals surface area contributed by atoms with E-state index in [-0.39, 0.29) is 10.8 Å². The number of primary sulfonamides is 1. The summed E-state index contributed by atoms with van der Waals surface area (Å²) in [6.45, 7) is 4.55. The summed E-state index contributed by atoms with van der Waals surface area (Å²) in [4.78, 5) is 0.122. The molecule has 4 rings (SSSR count). The molecule has 1 fully saturated rings. The minimum absolute atomic E-state index is 0.105. The Bertz CT molecular complexity index is 1220. The molecular weight excluding hydrogens is 446 g/mol. The van der Waals surface area contributed by atoms with Gasteiger partial charge in [0.05, 0.1) is 11.5 Å². The van der Waals surface area contributed by atoms with Gasteiger partial charge in [0.2, 0.25) is 10.0 Å². The van der Waals surface area contributed by atoms with Gasteiger partial charge in [0.1, 0.15) is 17.2 Å². The molecule has 0 aromatic heterocycles. The molecule has 1 aliphatic rings. The largest absolute Gasteiger partial charge is 0.493 e. The first kappa shape index (κ1) is 24.3. The zero-order valence-electron chi connectivity index (χ0n) is 19.9. The summed E-state index contributed by atoms with van der Waals surface area (Å²) >= 11 is 0. The Morgan fingerprint density at radius 2 is 1.56 bits per heavy atom. The average molecular weight is 480 g/mol. The highest BCUT2D eigenvalue weighted by atomic mass is 32.2. The fourth-order valence-corrected chi connectivity index (χ4v) is 5.64. The van der Waals surface area contributed by atoms with Crippen molar-refractivity contribution in [2.45, 2.75) is 56.8 Å². The molecule has 34 heavy (non-hydrogen) atoms. The molecule has 0 aliphatic heterocycles. The van der Waals surface area contributed by atoms with E-state index in [4.69, 9.17) is 14.6 Å². The Hall–Kier alpha value is -2.83. The number of benzene rings is 3. The standard InChI is InChI=1S/C28H33NO4S/c1-20(2)27-26(34(29,30)31)18-17-25(32-19-21-11-5-3-6-12-21)28(27)23-15-9-10-16-24(23)33-22-13-7-4-8-14-22/h4,7-10,13-18,20-21H,3,5-6,11-12,19H2,1-2H3,(H2,29,30,31). The van der Waals surface area contributed by atoms with Crippen LogP contribution in [0.2, 0.25) is 0 Å². The lowest BCUT2D eigenvalue weighted by molar-refractivity contribution is 0.209. The van der Waals surface area contributed by atoms with E-state index in [1.54, 1.807) is 12.1 Å². The van der Waals surface area contributed by atoms with E-state index >= 15 is 0 Å². The van der Waals surface area contributed by atoms with Crippen LogP contribution in [0.1, 0.15) is 57.4 Å². The third-order valence-electron chi connectivity index (χ3n) is 6.38. The molecular formula is C28H33NO4S. The number of ether oxygens (including phenoxy) is 2. The van der Waals surface area contributed by atoms with E-state index in [2.05, 4.69) is 0 Å². The second-order valence-electron chi connectivity index (χ2n) is 9.28. The van der Waals surface area contributed by atoms with Crippen molar-refractivity contribution in [2.24, 2.45) is 11.1 Å². The molecule has 0 spiro atoms. The topological polar surface area (TPSA) is 78.6 Å². The SMILES string of the molecule is CC(C)c1c(S(N)(=O)=O)ccc(OCC2CCCCC2)c1-c1ccccc1Oc1ccccc1. The summed E-state index contributed by atoms with van der Waals surface area (Å²) < 4.78 is 37.7. The first-order valence-corrected chi connectivity index (χ1v) is 13.5. The molecule has 3 aromatic rings. The van der Waals surface area contributed by atoms with E-state index in [1.807, 2.05) is 68.4 Å². The second-order valence-corrected chi connectivity index (χ2v) is 10.8. The number of nitrogens with two attached hydrogens (primary N) is 1. The van der Waals surface area contributed by atoms with Gasteiger partial charge < -0.3 is 9.47 Å². The summed E-state index contributed by atoms with van der Waals surface area (Å²) in [6, 6.07) is 20.5. The Balaban J connectivity index is 1.85. The van der Waals surface area contributed by atoms with E-state index in [9.17, 15) is 8.42 Å². The van der Waals surface area contributed by atoms with Gasteiger partial charge in [0.15, 0.2) is 0 Å². The summed E-state index contributed by atoms with van der Waals surface area (Å²) in [5.74, 6) is 2.40. The van der Waals surface area contributed by atoms with Gasteiger partial charge in [-0.15, -0.1) is 0 Å². The smallest absolute Gasteiger partial charge is 0.238 e. The van der Waals surface area contributed by atoms with Crippen LogP contribution in [0.4, 0.5) is 0 Å². The van der Waals surface area contributed by atoms with Gasteiger partial charge >= 0.3 is 0 Å². The molecule has 1 saturated carbocycles. The first-order valence-electron chi connectivity index (χ1n) is 12.0. The molecule has 6 heteroatoms. The normalized spacial score (nSPS) is 14.8. The minimum Gasteiger partial charge on any atom is -0.493 e. The maximum absolute atomic E-state index is 12.5. The minimum atomic E-state index is -3.93. The molecule has 1 aliphatic carbocycles. The van der Waals surface area contributed by atoms with Crippen molar-refractivity contribution in [3.8, 4) is 28.4 Å². The third kappa shape index (κ3) is 5.62. The fourth-order valence-electron chi connectivity index (χ4n) is 4.74. The van der Waals surface area contributed by atoms with E-state index in [0.717, 1.165) is 24.0 Å². The number of hydrogen-bond donors (Lipinski definition) is 1. The third-order valence-corrected chi connectivity index (χ3v) is 7.35. The van der Waals surface area contributed by atoms with Crippen LogP contribution in [0.5, 0.6) is 17.2 Å². The van der Waals surface area contributed by atoms with Crippen molar-refractivity contribution in [3.05, 3.63) is 72.3 Å². The van der Waals surface area contributed by atoms with Crippen LogP contribution in [0.25, 0.3) is 11.1 Å². The van der Waals surface area contributed by atoms with Crippen molar-refractivity contribution in [1.29, 1.82) is 0 Å². The van der Waals surface area contributed by atoms with Gasteiger partial charge in [0, 0.05) is 11.1 Å². The highest BCUT2D eigenvalue weighted by Crippen LogP contribution is 2.45. The highest BCUT2D eigenvalue weighted by Gasteiger charge is 2.26. The van der Waals surface area contributed by atoms with E-state index in [1.165, 1.54) is 19.3 Å². The first-order chi connectivity index (χ1) is 16.3. The van der Waals surface area contributed by atoms with Gasteiger partial charge in [0.25, 0.3) is 0 Å². The Kier molecular flexibility index (Phi) is 7.59. The van der Waals surface area contributed by atoms with Crippen LogP contribution in [0, 0.1) is 5.92 Å². The summed E-state index contributed by atoms with van der Waals surface area (Å²) in [5, 5.41) is 5.65. The predicted octanol–water partition coefficient (Wildman–Crippen LogP) is 6.88. The molecule has 3 aromatic carbocycles. The zero-order chi connectivity index (χ0) is 24.1. The number of hydrogen-bond acceptors (Lipinski definition) is 4. The molecule has 180 valence electrons. The van der Waals surface area contributed by atoms with E-state index < -0.39 is 10.0 Å². The predicted molar refractivity (Wildman–Crippen MR) is 136 cm³/mol. The molecule has 5 nitrogen and oxygen atoms in total. The van der Waals surface area contributed by atoms with Crippen molar-refractivity contribution in [2.75, 3.05) is 6.61 Å².